The van der Waals surface area contributed by atoms with E-state index in [0.29, 0.717) is 37.1 Å². The molecule has 158 valence electrons. The first-order valence-electron chi connectivity index (χ1n) is 10.3. The first-order valence-corrected chi connectivity index (χ1v) is 10.3. The van der Waals surface area contributed by atoms with E-state index in [9.17, 15) is 4.79 Å². The molecule has 0 aliphatic carbocycles. The highest BCUT2D eigenvalue weighted by molar-refractivity contribution is 6.00. The number of amides is 1. The molecule has 1 aromatic heterocycles. The third-order valence-corrected chi connectivity index (χ3v) is 4.74. The molecular formula is C22H33N5O2. The van der Waals surface area contributed by atoms with Gasteiger partial charge in [-0.05, 0) is 36.8 Å². The van der Waals surface area contributed by atoms with Crippen molar-refractivity contribution in [2.24, 2.45) is 23.0 Å². The first kappa shape index (κ1) is 22.6. The zero-order valence-corrected chi connectivity index (χ0v) is 18.5. The van der Waals surface area contributed by atoms with Crippen molar-refractivity contribution in [3.8, 4) is 0 Å². The average Bonchev–Trinajstić information content (AvgIpc) is 3.14. The summed E-state index contributed by atoms with van der Waals surface area (Å²) in [6.07, 6.45) is 9.59. The third kappa shape index (κ3) is 5.89. The average molecular weight is 400 g/mol. The van der Waals surface area contributed by atoms with Crippen LogP contribution in [0.25, 0.3) is 0 Å². The Kier molecular flexibility index (Phi) is 8.36. The van der Waals surface area contributed by atoms with Gasteiger partial charge in [0.2, 0.25) is 5.90 Å². The molecule has 2 rings (SSSR count). The van der Waals surface area contributed by atoms with Gasteiger partial charge in [-0.3, -0.25) is 19.5 Å². The van der Waals surface area contributed by atoms with Gasteiger partial charge >= 0.3 is 0 Å². The van der Waals surface area contributed by atoms with Crippen LogP contribution in [0.5, 0.6) is 0 Å². The molecule has 0 saturated carbocycles. The van der Waals surface area contributed by atoms with Gasteiger partial charge in [-0.1, -0.05) is 27.7 Å². The van der Waals surface area contributed by atoms with E-state index in [1.807, 2.05) is 31.3 Å². The summed E-state index contributed by atoms with van der Waals surface area (Å²) in [6.45, 7) is 9.56. The van der Waals surface area contributed by atoms with Crippen molar-refractivity contribution in [2.45, 2.75) is 47.0 Å². The van der Waals surface area contributed by atoms with E-state index in [4.69, 9.17) is 4.74 Å². The zero-order chi connectivity index (χ0) is 21.4. The molecule has 0 N–H and O–H groups in total. The highest BCUT2D eigenvalue weighted by Crippen LogP contribution is 2.26. The summed E-state index contributed by atoms with van der Waals surface area (Å²) in [5.41, 5.74) is 3.06. The van der Waals surface area contributed by atoms with E-state index < -0.39 is 0 Å². The van der Waals surface area contributed by atoms with Crippen molar-refractivity contribution < 1.29 is 9.53 Å². The fourth-order valence-corrected chi connectivity index (χ4v) is 3.26. The normalized spacial score (nSPS) is 16.3. The molecule has 1 aliphatic rings. The van der Waals surface area contributed by atoms with Crippen LogP contribution in [0.15, 0.2) is 45.5 Å². The minimum absolute atomic E-state index is 0.135. The minimum Gasteiger partial charge on any atom is -0.433 e. The zero-order valence-electron chi connectivity index (χ0n) is 18.5. The molecule has 0 radical (unpaired) electrons. The van der Waals surface area contributed by atoms with Gasteiger partial charge in [0.05, 0.1) is 24.0 Å². The van der Waals surface area contributed by atoms with E-state index in [1.165, 1.54) is 5.57 Å². The van der Waals surface area contributed by atoms with E-state index in [-0.39, 0.29) is 5.91 Å². The van der Waals surface area contributed by atoms with Gasteiger partial charge in [0.1, 0.15) is 0 Å². The molecule has 2 heterocycles. The van der Waals surface area contributed by atoms with Crippen molar-refractivity contribution in [1.29, 1.82) is 0 Å². The molecule has 0 aromatic carbocycles. The Morgan fingerprint density at radius 3 is 2.66 bits per heavy atom. The van der Waals surface area contributed by atoms with Gasteiger partial charge in [0, 0.05) is 33.1 Å². The molecule has 0 fully saturated rings. The van der Waals surface area contributed by atoms with Crippen LogP contribution >= 0.6 is 0 Å². The van der Waals surface area contributed by atoms with Crippen LogP contribution in [0.1, 0.15) is 52.5 Å². The number of carbonyl (C=O) groups is 1. The highest BCUT2D eigenvalue weighted by atomic mass is 16.5. The summed E-state index contributed by atoms with van der Waals surface area (Å²) in [7, 11) is 3.47. The van der Waals surface area contributed by atoms with Crippen molar-refractivity contribution in [3.63, 3.8) is 0 Å². The van der Waals surface area contributed by atoms with Crippen molar-refractivity contribution in [1.82, 2.24) is 14.7 Å². The maximum Gasteiger partial charge on any atom is 0.289 e. The molecule has 0 spiro atoms. The summed E-state index contributed by atoms with van der Waals surface area (Å²) < 4.78 is 7.63. The molecule has 0 unspecified atom stereocenters. The predicted molar refractivity (Wildman–Crippen MR) is 117 cm³/mol. The van der Waals surface area contributed by atoms with Crippen LogP contribution in [-0.4, -0.2) is 52.8 Å². The van der Waals surface area contributed by atoms with Crippen LogP contribution in [0.2, 0.25) is 0 Å². The van der Waals surface area contributed by atoms with Crippen LogP contribution in [0, 0.1) is 5.92 Å². The quantitative estimate of drug-likeness (QED) is 0.303. The summed E-state index contributed by atoms with van der Waals surface area (Å²) in [4.78, 5) is 23.9. The maximum atomic E-state index is 13.3. The maximum absolute atomic E-state index is 13.3. The Morgan fingerprint density at radius 1 is 1.34 bits per heavy atom. The number of nitrogens with zero attached hydrogens (tertiary/aromatic N) is 5. The van der Waals surface area contributed by atoms with Crippen molar-refractivity contribution in [2.75, 3.05) is 20.1 Å². The lowest BCUT2D eigenvalue weighted by Crippen LogP contribution is -2.39. The summed E-state index contributed by atoms with van der Waals surface area (Å²) in [5.74, 6) is 0.959. The van der Waals surface area contributed by atoms with Crippen molar-refractivity contribution in [3.05, 3.63) is 41.1 Å². The molecular weight excluding hydrogens is 366 g/mol. The van der Waals surface area contributed by atoms with E-state index >= 15 is 0 Å². The van der Waals surface area contributed by atoms with Gasteiger partial charge in [-0.15, -0.1) is 0 Å². The van der Waals surface area contributed by atoms with Gasteiger partial charge < -0.3 is 9.64 Å². The number of rotatable bonds is 7. The molecule has 7 heteroatoms. The number of carbonyl (C=O) groups excluding carboxylic acids is 1. The van der Waals surface area contributed by atoms with Crippen LogP contribution in [-0.2, 0) is 16.6 Å². The van der Waals surface area contributed by atoms with E-state index in [2.05, 4.69) is 35.9 Å². The number of aryl methyl sites for hydroxylation is 1. The second kappa shape index (κ2) is 10.7. The highest BCUT2D eigenvalue weighted by Gasteiger charge is 2.27. The van der Waals surface area contributed by atoms with Crippen LogP contribution in [0.4, 0.5) is 0 Å². The van der Waals surface area contributed by atoms with Gasteiger partial charge in [-0.2, -0.15) is 5.10 Å². The Balaban J connectivity index is 2.23. The number of aromatic nitrogens is 2. The smallest absolute Gasteiger partial charge is 0.289 e. The third-order valence-electron chi connectivity index (χ3n) is 4.74. The SMILES string of the molecule is CCC=NC1=C(C(C)C)CCN(C(=O)/C(=C\CC)OC(=NC)c2cnn(C)c2)C1. The monoisotopic (exact) mass is 399 g/mol. The van der Waals surface area contributed by atoms with Gasteiger partial charge in [-0.25, -0.2) is 0 Å². The number of allylic oxidation sites excluding steroid dienone is 1. The molecule has 29 heavy (non-hydrogen) atoms. The number of aliphatic imine (C=N–C) groups is 2. The lowest BCUT2D eigenvalue weighted by Gasteiger charge is -2.31. The largest absolute Gasteiger partial charge is 0.433 e. The lowest BCUT2D eigenvalue weighted by atomic mass is 9.94. The number of hydrogen-bond donors (Lipinski definition) is 0. The minimum atomic E-state index is -0.135. The molecule has 0 bridgehead atoms. The van der Waals surface area contributed by atoms with Crippen molar-refractivity contribution >= 4 is 18.0 Å². The Bertz CT molecular complexity index is 830. The first-order chi connectivity index (χ1) is 13.9. The fraction of sp³-hybridized carbons (Fsp3) is 0.545. The molecule has 0 atom stereocenters. The molecule has 1 aromatic rings. The van der Waals surface area contributed by atoms with E-state index in [0.717, 1.165) is 24.1 Å². The Hall–Kier alpha value is -2.70. The van der Waals surface area contributed by atoms with Gasteiger partial charge in [0.15, 0.2) is 5.76 Å². The van der Waals surface area contributed by atoms with Crippen LogP contribution < -0.4 is 0 Å². The van der Waals surface area contributed by atoms with Crippen LogP contribution in [0.3, 0.4) is 0 Å². The summed E-state index contributed by atoms with van der Waals surface area (Å²) in [5, 5.41) is 4.16. The number of ether oxygens (including phenoxy) is 1. The summed E-state index contributed by atoms with van der Waals surface area (Å²) >= 11 is 0. The topological polar surface area (TPSA) is 72.1 Å². The molecule has 1 aliphatic heterocycles. The van der Waals surface area contributed by atoms with Gasteiger partial charge in [0.25, 0.3) is 5.91 Å². The Labute approximate surface area is 173 Å². The summed E-state index contributed by atoms with van der Waals surface area (Å²) in [6, 6.07) is 0. The lowest BCUT2D eigenvalue weighted by molar-refractivity contribution is -0.129. The molecule has 0 saturated heterocycles. The predicted octanol–water partition coefficient (Wildman–Crippen LogP) is 3.73. The standard InChI is InChI=1S/C22H33N5O2/c1-7-9-20(29-21(23-5)17-13-25-26(6)14-17)22(28)27-12-10-18(16(3)4)19(15-27)24-11-8-2/h9,11,13-14,16H,7-8,10,12,15H2,1-6H3/b20-9+,23-21?,24-11?. The Morgan fingerprint density at radius 2 is 2.10 bits per heavy atom. The molecule has 1 amide bonds. The number of hydrogen-bond acceptors (Lipinski definition) is 5. The second-order valence-corrected chi connectivity index (χ2v) is 7.33. The molecule has 7 nitrogen and oxygen atoms in total. The van der Waals surface area contributed by atoms with E-state index in [1.54, 1.807) is 24.0 Å². The fourth-order valence-electron chi connectivity index (χ4n) is 3.26. The second-order valence-electron chi connectivity index (χ2n) is 7.33.